The van der Waals surface area contributed by atoms with Crippen LogP contribution in [0, 0.1) is 13.8 Å². The Morgan fingerprint density at radius 2 is 2.19 bits per heavy atom. The molecule has 1 aliphatic rings. The zero-order valence-electron chi connectivity index (χ0n) is 16.7. The van der Waals surface area contributed by atoms with Crippen molar-refractivity contribution in [1.29, 1.82) is 0 Å². The number of benzene rings is 1. The molecule has 2 heterocycles. The Morgan fingerprint density at radius 3 is 2.93 bits per heavy atom. The quantitative estimate of drug-likeness (QED) is 0.483. The Morgan fingerprint density at radius 1 is 1.33 bits per heavy atom. The number of aryl methyl sites for hydroxylation is 3. The van der Waals surface area contributed by atoms with Crippen LogP contribution < -0.4 is 5.32 Å². The van der Waals surface area contributed by atoms with Crippen LogP contribution in [0.15, 0.2) is 41.7 Å². The molecule has 1 N–H and O–H groups in total. The third-order valence-corrected chi connectivity index (χ3v) is 4.81. The van der Waals surface area contributed by atoms with E-state index in [9.17, 15) is 0 Å². The highest BCUT2D eigenvalue weighted by molar-refractivity contribution is 5.80. The molecule has 2 aromatic rings. The van der Waals surface area contributed by atoms with Gasteiger partial charge in [-0.1, -0.05) is 24.3 Å². The molecule has 1 aromatic carbocycles. The minimum absolute atomic E-state index is 0.0934. The van der Waals surface area contributed by atoms with Crippen LogP contribution in [0.2, 0.25) is 0 Å². The maximum absolute atomic E-state index is 6.05. The van der Waals surface area contributed by atoms with Gasteiger partial charge in [-0.05, 0) is 43.9 Å². The van der Waals surface area contributed by atoms with E-state index in [2.05, 4.69) is 66.5 Å². The molecule has 1 atom stereocenters. The molecule has 6 heteroatoms. The van der Waals surface area contributed by atoms with Crippen LogP contribution in [0.5, 0.6) is 0 Å². The molecule has 0 bridgehead atoms. The van der Waals surface area contributed by atoms with Crippen molar-refractivity contribution < 1.29 is 4.74 Å². The SMILES string of the molecule is CCNC(=NCCCn1cc(C)cn1)N1CCOC(c2ccccc2C)C1. The number of morpholine rings is 1. The van der Waals surface area contributed by atoms with Crippen molar-refractivity contribution in [3.8, 4) is 0 Å². The summed E-state index contributed by atoms with van der Waals surface area (Å²) in [6.07, 6.45) is 5.04. The molecule has 27 heavy (non-hydrogen) atoms. The topological polar surface area (TPSA) is 54.7 Å². The van der Waals surface area contributed by atoms with Crippen LogP contribution >= 0.6 is 0 Å². The van der Waals surface area contributed by atoms with Gasteiger partial charge in [0.05, 0.1) is 19.3 Å². The average Bonchev–Trinajstić information content (AvgIpc) is 3.10. The molecule has 0 saturated carbocycles. The van der Waals surface area contributed by atoms with Crippen LogP contribution in [0.4, 0.5) is 0 Å². The van der Waals surface area contributed by atoms with Gasteiger partial charge >= 0.3 is 0 Å². The van der Waals surface area contributed by atoms with Gasteiger partial charge in [-0.2, -0.15) is 5.10 Å². The van der Waals surface area contributed by atoms with Gasteiger partial charge in [0, 0.05) is 32.4 Å². The van der Waals surface area contributed by atoms with E-state index >= 15 is 0 Å². The lowest BCUT2D eigenvalue weighted by atomic mass is 10.0. The first-order chi connectivity index (χ1) is 13.2. The molecule has 3 rings (SSSR count). The van der Waals surface area contributed by atoms with Crippen molar-refractivity contribution in [3.63, 3.8) is 0 Å². The highest BCUT2D eigenvalue weighted by atomic mass is 16.5. The number of hydrogen-bond acceptors (Lipinski definition) is 3. The van der Waals surface area contributed by atoms with Crippen molar-refractivity contribution in [2.75, 3.05) is 32.8 Å². The van der Waals surface area contributed by atoms with E-state index < -0.39 is 0 Å². The minimum Gasteiger partial charge on any atom is -0.370 e. The van der Waals surface area contributed by atoms with Gasteiger partial charge in [-0.3, -0.25) is 9.67 Å². The minimum atomic E-state index is 0.0934. The van der Waals surface area contributed by atoms with E-state index in [1.165, 1.54) is 16.7 Å². The maximum Gasteiger partial charge on any atom is 0.194 e. The second kappa shape index (κ2) is 9.55. The highest BCUT2D eigenvalue weighted by Gasteiger charge is 2.25. The molecule has 1 saturated heterocycles. The van der Waals surface area contributed by atoms with Crippen LogP contribution in [0.1, 0.15) is 36.1 Å². The van der Waals surface area contributed by atoms with E-state index in [1.807, 2.05) is 10.9 Å². The molecule has 0 radical (unpaired) electrons. The number of ether oxygens (including phenoxy) is 1. The van der Waals surface area contributed by atoms with Crippen molar-refractivity contribution in [2.45, 2.75) is 39.8 Å². The monoisotopic (exact) mass is 369 g/mol. The fourth-order valence-corrected chi connectivity index (χ4v) is 3.41. The predicted octanol–water partition coefficient (Wildman–Crippen LogP) is 2.93. The molecular weight excluding hydrogens is 338 g/mol. The fraction of sp³-hybridized carbons (Fsp3) is 0.524. The molecule has 6 nitrogen and oxygen atoms in total. The highest BCUT2D eigenvalue weighted by Crippen LogP contribution is 2.24. The summed E-state index contributed by atoms with van der Waals surface area (Å²) in [5.41, 5.74) is 3.75. The zero-order valence-corrected chi connectivity index (χ0v) is 16.7. The van der Waals surface area contributed by atoms with Crippen molar-refractivity contribution in [2.24, 2.45) is 4.99 Å². The summed E-state index contributed by atoms with van der Waals surface area (Å²) in [7, 11) is 0. The lowest BCUT2D eigenvalue weighted by molar-refractivity contribution is -0.00832. The number of guanidine groups is 1. The van der Waals surface area contributed by atoms with Crippen LogP contribution in [-0.2, 0) is 11.3 Å². The summed E-state index contributed by atoms with van der Waals surface area (Å²) in [5, 5.41) is 7.78. The Kier molecular flexibility index (Phi) is 6.87. The third-order valence-electron chi connectivity index (χ3n) is 4.81. The van der Waals surface area contributed by atoms with E-state index in [-0.39, 0.29) is 6.10 Å². The second-order valence-corrected chi connectivity index (χ2v) is 7.03. The van der Waals surface area contributed by atoms with Gasteiger partial charge in [0.1, 0.15) is 6.10 Å². The van der Waals surface area contributed by atoms with Crippen molar-refractivity contribution >= 4 is 5.96 Å². The second-order valence-electron chi connectivity index (χ2n) is 7.03. The van der Waals surface area contributed by atoms with Gasteiger partial charge in [0.25, 0.3) is 0 Å². The van der Waals surface area contributed by atoms with E-state index in [1.54, 1.807) is 0 Å². The van der Waals surface area contributed by atoms with Gasteiger partial charge in [-0.15, -0.1) is 0 Å². The summed E-state index contributed by atoms with van der Waals surface area (Å²) in [6, 6.07) is 8.47. The zero-order chi connectivity index (χ0) is 19.1. The number of aromatic nitrogens is 2. The molecule has 0 spiro atoms. The van der Waals surface area contributed by atoms with Gasteiger partial charge in [0.2, 0.25) is 0 Å². The van der Waals surface area contributed by atoms with Gasteiger partial charge in [0.15, 0.2) is 5.96 Å². The van der Waals surface area contributed by atoms with E-state index in [0.717, 1.165) is 51.7 Å². The number of rotatable bonds is 6. The van der Waals surface area contributed by atoms with E-state index in [0.29, 0.717) is 0 Å². The first-order valence-electron chi connectivity index (χ1n) is 9.87. The first-order valence-corrected chi connectivity index (χ1v) is 9.87. The van der Waals surface area contributed by atoms with Gasteiger partial charge in [-0.25, -0.2) is 0 Å². The molecular formula is C21H31N5O. The van der Waals surface area contributed by atoms with Crippen molar-refractivity contribution in [3.05, 3.63) is 53.3 Å². The first kappa shape index (κ1) is 19.4. The Balaban J connectivity index is 1.60. The molecule has 1 fully saturated rings. The summed E-state index contributed by atoms with van der Waals surface area (Å²) in [5.74, 6) is 0.982. The average molecular weight is 370 g/mol. The molecule has 0 amide bonds. The summed E-state index contributed by atoms with van der Waals surface area (Å²) < 4.78 is 8.04. The molecule has 1 aliphatic heterocycles. The van der Waals surface area contributed by atoms with E-state index in [4.69, 9.17) is 9.73 Å². The Bertz CT molecular complexity index is 755. The fourth-order valence-electron chi connectivity index (χ4n) is 3.41. The van der Waals surface area contributed by atoms with Crippen LogP contribution in [-0.4, -0.2) is 53.4 Å². The normalized spacial score (nSPS) is 18.0. The van der Waals surface area contributed by atoms with Gasteiger partial charge < -0.3 is 15.0 Å². The third kappa shape index (κ3) is 5.32. The number of aliphatic imine (C=N–C) groups is 1. The Hall–Kier alpha value is -2.34. The lowest BCUT2D eigenvalue weighted by Gasteiger charge is -2.35. The Labute approximate surface area is 162 Å². The maximum atomic E-state index is 6.05. The number of hydrogen-bond donors (Lipinski definition) is 1. The molecule has 0 aliphatic carbocycles. The number of nitrogens with one attached hydrogen (secondary N) is 1. The van der Waals surface area contributed by atoms with Crippen LogP contribution in [0.3, 0.4) is 0 Å². The molecule has 1 aromatic heterocycles. The largest absolute Gasteiger partial charge is 0.370 e. The lowest BCUT2D eigenvalue weighted by Crippen LogP contribution is -2.48. The summed E-state index contributed by atoms with van der Waals surface area (Å²) in [4.78, 5) is 7.17. The smallest absolute Gasteiger partial charge is 0.194 e. The summed E-state index contributed by atoms with van der Waals surface area (Å²) >= 11 is 0. The molecule has 146 valence electrons. The standard InChI is InChI=1S/C21H31N5O/c1-4-22-21(23-10-7-11-26-15-17(2)14-24-26)25-12-13-27-20(16-25)19-9-6-5-8-18(19)3/h5-6,8-9,14-15,20H,4,7,10-13,16H2,1-3H3,(H,22,23). The number of nitrogens with zero attached hydrogens (tertiary/aromatic N) is 4. The van der Waals surface area contributed by atoms with Crippen molar-refractivity contribution in [1.82, 2.24) is 20.0 Å². The van der Waals surface area contributed by atoms with Crippen LogP contribution in [0.25, 0.3) is 0 Å². The molecule has 1 unspecified atom stereocenters. The summed E-state index contributed by atoms with van der Waals surface area (Å²) in [6.45, 7) is 11.3. The predicted molar refractivity (Wildman–Crippen MR) is 109 cm³/mol.